The number of aryl methyl sites for hydroxylation is 1. The van der Waals surface area contributed by atoms with Gasteiger partial charge in [0, 0.05) is 43.1 Å². The Labute approximate surface area is 293 Å². The zero-order chi connectivity index (χ0) is 34.4. The van der Waals surface area contributed by atoms with Crippen LogP contribution in [0.3, 0.4) is 0 Å². The average Bonchev–Trinajstić information content (AvgIpc) is 4.00. The van der Waals surface area contributed by atoms with Crippen molar-refractivity contribution in [3.05, 3.63) is 65.4 Å². The second-order valence-corrected chi connectivity index (χ2v) is 14.2. The number of anilines is 2. The van der Waals surface area contributed by atoms with Crippen molar-refractivity contribution >= 4 is 33.6 Å². The Kier molecular flexibility index (Phi) is 7.06. The number of para-hydroxylation sites is 1. The van der Waals surface area contributed by atoms with E-state index in [1.165, 1.54) is 0 Å². The van der Waals surface area contributed by atoms with E-state index in [4.69, 9.17) is 38.4 Å². The largest absolute Gasteiger partial charge is 0.471 e. The van der Waals surface area contributed by atoms with Crippen LogP contribution in [0.15, 0.2) is 47.1 Å². The highest BCUT2D eigenvalue weighted by molar-refractivity contribution is 6.05. The minimum absolute atomic E-state index is 0.0186. The van der Waals surface area contributed by atoms with Gasteiger partial charge >= 0.3 is 0 Å². The van der Waals surface area contributed by atoms with Crippen molar-refractivity contribution in [2.75, 3.05) is 42.7 Å². The lowest BCUT2D eigenvalue weighted by Gasteiger charge is -2.53. The third-order valence-electron chi connectivity index (χ3n) is 11.0. The molecule has 14 heteroatoms. The van der Waals surface area contributed by atoms with Gasteiger partial charge in [-0.2, -0.15) is 5.10 Å². The van der Waals surface area contributed by atoms with Gasteiger partial charge in [-0.15, -0.1) is 5.06 Å². The van der Waals surface area contributed by atoms with Crippen LogP contribution in [0.4, 0.5) is 11.5 Å². The van der Waals surface area contributed by atoms with Crippen LogP contribution >= 0.6 is 0 Å². The van der Waals surface area contributed by atoms with E-state index in [0.29, 0.717) is 62.5 Å². The van der Waals surface area contributed by atoms with Crippen LogP contribution in [0, 0.1) is 18.8 Å². The molecule has 4 aliphatic heterocycles. The summed E-state index contributed by atoms with van der Waals surface area (Å²) >= 11 is 0. The number of furan rings is 1. The molecule has 5 atom stereocenters. The van der Waals surface area contributed by atoms with Crippen molar-refractivity contribution in [2.24, 2.45) is 7.05 Å². The minimum atomic E-state index is -1.00. The molecule has 5 fully saturated rings. The molecule has 51 heavy (non-hydrogen) atoms. The third kappa shape index (κ3) is 5.22. The highest BCUT2D eigenvalue weighted by Crippen LogP contribution is 2.45. The van der Waals surface area contributed by atoms with Gasteiger partial charge in [-0.3, -0.25) is 4.68 Å². The molecule has 8 heterocycles. The Morgan fingerprint density at radius 3 is 2.67 bits per heavy atom. The van der Waals surface area contributed by atoms with E-state index in [0.717, 1.165) is 57.7 Å². The lowest BCUT2D eigenvalue weighted by atomic mass is 9.90. The maximum atomic E-state index is 10.4. The Hall–Kier alpha value is -4.78. The second kappa shape index (κ2) is 11.6. The van der Waals surface area contributed by atoms with Gasteiger partial charge in [-0.25, -0.2) is 19.8 Å². The number of hydrogen-bond donors (Lipinski definition) is 1. The van der Waals surface area contributed by atoms with E-state index in [9.17, 15) is 5.11 Å². The molecule has 262 valence electrons. The fourth-order valence-corrected chi connectivity index (χ4v) is 7.57. The minimum Gasteiger partial charge on any atom is -0.471 e. The van der Waals surface area contributed by atoms with Gasteiger partial charge in [0.2, 0.25) is 5.88 Å². The number of rotatable bonds is 6. The van der Waals surface area contributed by atoms with E-state index < -0.39 is 6.41 Å². The predicted molar refractivity (Wildman–Crippen MR) is 185 cm³/mol. The molecule has 0 bridgehead atoms. The van der Waals surface area contributed by atoms with Gasteiger partial charge in [0.15, 0.2) is 11.4 Å². The molecule has 1 N–H and O–H groups in total. The number of aliphatic hydroxyl groups excluding tert-OH is 1. The van der Waals surface area contributed by atoms with Gasteiger partial charge in [-0.05, 0) is 44.9 Å². The maximum absolute atomic E-state index is 10.4. The number of fused-ring (bicyclic) bond motifs is 3. The van der Waals surface area contributed by atoms with E-state index in [1.54, 1.807) is 17.5 Å². The number of aromatic nitrogens is 5. The fraction of sp³-hybridized carbons (Fsp3) is 0.459. The third-order valence-corrected chi connectivity index (χ3v) is 11.0. The summed E-state index contributed by atoms with van der Waals surface area (Å²) < 4.78 is 27.0. The first kappa shape index (κ1) is 31.0. The SMILES string of the molecule is Cc1c(C#Cc2cnc(O[C@H]3C[C@@H](N4OC4O)N(c4nc(C5CC5)nc5c4oc4ccccc45)C3)c(N3CCOC4(COC4)[C@@H]3C)c2)cnn1C. The molecule has 5 aromatic rings. The van der Waals surface area contributed by atoms with Crippen LogP contribution in [0.5, 0.6) is 5.88 Å². The van der Waals surface area contributed by atoms with Gasteiger partial charge in [-0.1, -0.05) is 24.0 Å². The van der Waals surface area contributed by atoms with Crippen molar-refractivity contribution < 1.29 is 28.6 Å². The number of hydrogen-bond acceptors (Lipinski definition) is 13. The number of pyridine rings is 1. The van der Waals surface area contributed by atoms with Gasteiger partial charge in [0.05, 0.1) is 49.9 Å². The molecular weight excluding hydrogens is 652 g/mol. The number of morpholine rings is 1. The second-order valence-electron chi connectivity index (χ2n) is 14.2. The van der Waals surface area contributed by atoms with Crippen molar-refractivity contribution in [3.8, 4) is 17.7 Å². The summed E-state index contributed by atoms with van der Waals surface area (Å²) in [6.07, 6.45) is 4.53. The van der Waals surface area contributed by atoms with Gasteiger partial charge in [0.1, 0.15) is 40.5 Å². The normalized spacial score (nSPS) is 26.8. The monoisotopic (exact) mass is 690 g/mol. The number of benzene rings is 1. The summed E-state index contributed by atoms with van der Waals surface area (Å²) in [5.41, 5.74) is 5.28. The van der Waals surface area contributed by atoms with Gasteiger partial charge < -0.3 is 33.5 Å². The molecule has 2 unspecified atom stereocenters. The molecule has 4 aromatic heterocycles. The molecule has 0 radical (unpaired) electrons. The highest BCUT2D eigenvalue weighted by atomic mass is 16.9. The first-order valence-corrected chi connectivity index (χ1v) is 17.6. The van der Waals surface area contributed by atoms with Crippen molar-refractivity contribution in [3.63, 3.8) is 0 Å². The van der Waals surface area contributed by atoms with Crippen molar-refractivity contribution in [1.82, 2.24) is 29.8 Å². The molecule has 10 rings (SSSR count). The number of aliphatic hydroxyl groups is 1. The first-order valence-electron chi connectivity index (χ1n) is 17.6. The molecule has 1 spiro atoms. The fourth-order valence-electron chi connectivity index (χ4n) is 7.57. The Balaban J connectivity index is 1.01. The van der Waals surface area contributed by atoms with Crippen LogP contribution in [-0.2, 0) is 21.4 Å². The molecule has 1 saturated carbocycles. The van der Waals surface area contributed by atoms with E-state index in [1.807, 2.05) is 42.9 Å². The van der Waals surface area contributed by atoms with Crippen LogP contribution in [-0.4, -0.2) is 98.1 Å². The quantitative estimate of drug-likeness (QED) is 0.205. The zero-order valence-corrected chi connectivity index (χ0v) is 28.7. The van der Waals surface area contributed by atoms with E-state index >= 15 is 0 Å². The Bertz CT molecular complexity index is 2230. The molecule has 1 aliphatic carbocycles. The smallest absolute Gasteiger partial charge is 0.258 e. The zero-order valence-electron chi connectivity index (χ0n) is 28.7. The standard InChI is InChI=1S/C37H38N8O6/c1-21-25(17-39-42(21)3)9-8-23-14-28(43-12-13-48-37(22(43)2)19-47-20-37)35(38-16-23)49-26-15-30(45-36(46)51-45)44(18-26)34-32-31(40-33(41-34)24-10-11-24)27-6-4-5-7-29(27)50-32/h4-7,14,16-17,22,24,26,30,36,46H,10-13,15,18-20H2,1-3H3/t22-,26-,30+,36?,45?/m0/s1. The lowest BCUT2D eigenvalue weighted by molar-refractivity contribution is -0.228. The summed E-state index contributed by atoms with van der Waals surface area (Å²) in [5, 5.41) is 17.3. The van der Waals surface area contributed by atoms with Crippen molar-refractivity contribution in [2.45, 2.75) is 69.4 Å². The molecule has 5 aliphatic rings. The topological polar surface area (TPSA) is 140 Å². The molecule has 14 nitrogen and oxygen atoms in total. The summed E-state index contributed by atoms with van der Waals surface area (Å²) in [6, 6.07) is 10.0. The van der Waals surface area contributed by atoms with E-state index in [2.05, 4.69) is 39.7 Å². The van der Waals surface area contributed by atoms with Gasteiger partial charge in [0.25, 0.3) is 6.41 Å². The maximum Gasteiger partial charge on any atom is 0.258 e. The molecule has 4 saturated heterocycles. The number of hydroxylamine groups is 2. The summed E-state index contributed by atoms with van der Waals surface area (Å²) in [6.45, 7) is 6.95. The Morgan fingerprint density at radius 2 is 1.92 bits per heavy atom. The van der Waals surface area contributed by atoms with Crippen LogP contribution < -0.4 is 14.5 Å². The molecule has 0 amide bonds. The Morgan fingerprint density at radius 1 is 1.08 bits per heavy atom. The predicted octanol–water partition coefficient (Wildman–Crippen LogP) is 3.59. The molecule has 1 aromatic carbocycles. The van der Waals surface area contributed by atoms with E-state index in [-0.39, 0.29) is 23.9 Å². The first-order chi connectivity index (χ1) is 24.8. The summed E-state index contributed by atoms with van der Waals surface area (Å²) in [7, 11) is 1.91. The highest BCUT2D eigenvalue weighted by Gasteiger charge is 2.52. The summed E-state index contributed by atoms with van der Waals surface area (Å²) in [4.78, 5) is 24.9. The summed E-state index contributed by atoms with van der Waals surface area (Å²) in [5.74, 6) is 8.90. The van der Waals surface area contributed by atoms with Crippen molar-refractivity contribution in [1.29, 1.82) is 0 Å². The van der Waals surface area contributed by atoms with Crippen LogP contribution in [0.25, 0.3) is 22.1 Å². The molecular formula is C37H38N8O6. The lowest BCUT2D eigenvalue weighted by Crippen LogP contribution is -2.68. The average molecular weight is 691 g/mol. The van der Waals surface area contributed by atoms with Crippen LogP contribution in [0.1, 0.15) is 54.7 Å². The number of nitrogens with zero attached hydrogens (tertiary/aromatic N) is 8. The van der Waals surface area contributed by atoms with Crippen LogP contribution in [0.2, 0.25) is 0 Å². The number of ether oxygens (including phenoxy) is 3.